The fraction of sp³-hybridized carbons (Fsp3) is 0.275. The average molecular weight is 675 g/mol. The first-order chi connectivity index (χ1) is 23.5. The standard InChI is InChI=1S/C40H43FN4O3Si/c1-7-47-39(46)37-35(29-19-21-30(41)22-20-29)36(43-44(37)25-14-26-48-49(5,6)40(2,3)4)32-23-24-42-38-33(32)27-34(28-15-10-8-11-16-28)45(38)31-17-12-9-13-18-31/h8-13,15-24,27H,7,14,25-26H2,1-6H3. The summed E-state index contributed by atoms with van der Waals surface area (Å²) < 4.78 is 30.2. The Morgan fingerprint density at radius 2 is 1.57 bits per heavy atom. The van der Waals surface area contributed by atoms with Crippen molar-refractivity contribution in [3.8, 4) is 39.3 Å². The minimum Gasteiger partial charge on any atom is -0.461 e. The molecule has 7 nitrogen and oxygen atoms in total. The maximum absolute atomic E-state index is 14.2. The average Bonchev–Trinajstić information content (AvgIpc) is 3.67. The number of carbonyl (C=O) groups is 1. The second-order valence-electron chi connectivity index (χ2n) is 13.6. The van der Waals surface area contributed by atoms with Gasteiger partial charge in [0.25, 0.3) is 0 Å². The zero-order valence-electron chi connectivity index (χ0n) is 29.0. The zero-order valence-corrected chi connectivity index (χ0v) is 30.0. The molecule has 0 bridgehead atoms. The molecule has 0 N–H and O–H groups in total. The van der Waals surface area contributed by atoms with E-state index in [4.69, 9.17) is 19.2 Å². The molecule has 6 rings (SSSR count). The molecular weight excluding hydrogens is 632 g/mol. The van der Waals surface area contributed by atoms with Crippen LogP contribution in [0.5, 0.6) is 0 Å². The van der Waals surface area contributed by atoms with Crippen molar-refractivity contribution in [1.29, 1.82) is 0 Å². The normalized spacial score (nSPS) is 12.1. The van der Waals surface area contributed by atoms with Crippen molar-refractivity contribution in [3.05, 3.63) is 115 Å². The predicted octanol–water partition coefficient (Wildman–Crippen LogP) is 9.95. The van der Waals surface area contributed by atoms with Crippen LogP contribution in [0, 0.1) is 5.82 Å². The quantitative estimate of drug-likeness (QED) is 0.0777. The van der Waals surface area contributed by atoms with Gasteiger partial charge in [-0.25, -0.2) is 14.2 Å². The number of aromatic nitrogens is 4. The third-order valence-electron chi connectivity index (χ3n) is 9.38. The topological polar surface area (TPSA) is 71.2 Å². The molecule has 3 aromatic carbocycles. The molecule has 0 saturated carbocycles. The van der Waals surface area contributed by atoms with Gasteiger partial charge >= 0.3 is 5.97 Å². The van der Waals surface area contributed by atoms with Crippen LogP contribution in [0.25, 0.3) is 50.4 Å². The third-order valence-corrected chi connectivity index (χ3v) is 13.9. The SMILES string of the molecule is CCOC(=O)c1c(-c2ccc(F)cc2)c(-c2ccnc3c2cc(-c2ccccc2)n3-c2ccccc2)nn1CCCO[Si](C)(C)C(C)(C)C. The first kappa shape index (κ1) is 34.0. The number of ether oxygens (including phenoxy) is 1. The highest BCUT2D eigenvalue weighted by molar-refractivity contribution is 6.74. The Morgan fingerprint density at radius 3 is 2.22 bits per heavy atom. The molecule has 0 radical (unpaired) electrons. The molecular formula is C40H43FN4O3Si. The van der Waals surface area contributed by atoms with E-state index in [2.05, 4.69) is 68.8 Å². The van der Waals surface area contributed by atoms with Gasteiger partial charge in [-0.15, -0.1) is 0 Å². The molecule has 0 aliphatic heterocycles. The van der Waals surface area contributed by atoms with Crippen molar-refractivity contribution >= 4 is 25.3 Å². The van der Waals surface area contributed by atoms with Crippen molar-refractivity contribution in [2.24, 2.45) is 0 Å². The summed E-state index contributed by atoms with van der Waals surface area (Å²) >= 11 is 0. The first-order valence-corrected chi connectivity index (χ1v) is 19.7. The summed E-state index contributed by atoms with van der Waals surface area (Å²) in [5.41, 5.74) is 6.71. The minimum atomic E-state index is -1.96. The van der Waals surface area contributed by atoms with Gasteiger partial charge < -0.3 is 9.16 Å². The van der Waals surface area contributed by atoms with Crippen LogP contribution in [0.3, 0.4) is 0 Å². The van der Waals surface area contributed by atoms with E-state index in [1.165, 1.54) is 12.1 Å². The molecule has 252 valence electrons. The number of fused-ring (bicyclic) bond motifs is 1. The van der Waals surface area contributed by atoms with Gasteiger partial charge in [-0.2, -0.15) is 5.10 Å². The van der Waals surface area contributed by atoms with Crippen molar-refractivity contribution in [2.45, 2.75) is 58.8 Å². The van der Waals surface area contributed by atoms with E-state index in [1.807, 2.05) is 42.5 Å². The second kappa shape index (κ2) is 13.9. The van der Waals surface area contributed by atoms with Crippen LogP contribution in [-0.2, 0) is 15.7 Å². The van der Waals surface area contributed by atoms with E-state index in [1.54, 1.807) is 29.9 Å². The number of hydrogen-bond donors (Lipinski definition) is 0. The summed E-state index contributed by atoms with van der Waals surface area (Å²) in [6.45, 7) is 14.1. The summed E-state index contributed by atoms with van der Waals surface area (Å²) in [4.78, 5) is 18.7. The maximum Gasteiger partial charge on any atom is 0.357 e. The van der Waals surface area contributed by atoms with Gasteiger partial charge in [-0.1, -0.05) is 81.4 Å². The molecule has 3 heterocycles. The summed E-state index contributed by atoms with van der Waals surface area (Å²) in [6.07, 6.45) is 2.42. The van der Waals surface area contributed by atoms with E-state index < -0.39 is 14.3 Å². The van der Waals surface area contributed by atoms with Gasteiger partial charge in [-0.05, 0) is 79.0 Å². The third kappa shape index (κ3) is 6.86. The van der Waals surface area contributed by atoms with Crippen molar-refractivity contribution < 1.29 is 18.3 Å². The largest absolute Gasteiger partial charge is 0.461 e. The molecule has 0 amide bonds. The van der Waals surface area contributed by atoms with Crippen molar-refractivity contribution in [3.63, 3.8) is 0 Å². The van der Waals surface area contributed by atoms with Crippen LogP contribution < -0.4 is 0 Å². The number of aryl methyl sites for hydroxylation is 1. The molecule has 9 heteroatoms. The monoisotopic (exact) mass is 674 g/mol. The number of carbonyl (C=O) groups excluding carboxylic acids is 1. The fourth-order valence-corrected chi connectivity index (χ4v) is 6.92. The molecule has 49 heavy (non-hydrogen) atoms. The number of esters is 1. The zero-order chi connectivity index (χ0) is 34.8. The van der Waals surface area contributed by atoms with Crippen LogP contribution >= 0.6 is 0 Å². The van der Waals surface area contributed by atoms with Crippen LogP contribution in [0.2, 0.25) is 18.1 Å². The Morgan fingerprint density at radius 1 is 0.898 bits per heavy atom. The van der Waals surface area contributed by atoms with Crippen LogP contribution in [0.1, 0.15) is 44.6 Å². The van der Waals surface area contributed by atoms with Gasteiger partial charge in [0.2, 0.25) is 0 Å². The van der Waals surface area contributed by atoms with E-state index >= 15 is 0 Å². The van der Waals surface area contributed by atoms with Gasteiger partial charge in [-0.3, -0.25) is 9.25 Å². The molecule has 0 aliphatic rings. The lowest BCUT2D eigenvalue weighted by atomic mass is 9.97. The first-order valence-electron chi connectivity index (χ1n) is 16.8. The highest BCUT2D eigenvalue weighted by atomic mass is 28.4. The lowest BCUT2D eigenvalue weighted by Gasteiger charge is -2.36. The smallest absolute Gasteiger partial charge is 0.357 e. The Bertz CT molecular complexity index is 2060. The van der Waals surface area contributed by atoms with E-state index in [9.17, 15) is 9.18 Å². The van der Waals surface area contributed by atoms with Crippen LogP contribution in [0.4, 0.5) is 4.39 Å². The van der Waals surface area contributed by atoms with Crippen molar-refractivity contribution in [2.75, 3.05) is 13.2 Å². The number of hydrogen-bond acceptors (Lipinski definition) is 5. The summed E-state index contributed by atoms with van der Waals surface area (Å²) in [6, 6.07) is 30.6. The number of benzene rings is 3. The molecule has 0 unspecified atom stereocenters. The predicted molar refractivity (Wildman–Crippen MR) is 197 cm³/mol. The number of pyridine rings is 1. The van der Waals surface area contributed by atoms with E-state index in [0.29, 0.717) is 42.1 Å². The number of para-hydroxylation sites is 1. The van der Waals surface area contributed by atoms with Gasteiger partial charge in [0.1, 0.15) is 17.2 Å². The molecule has 3 aromatic heterocycles. The highest BCUT2D eigenvalue weighted by Gasteiger charge is 2.37. The molecule has 0 fully saturated rings. The van der Waals surface area contributed by atoms with Gasteiger partial charge in [0, 0.05) is 41.5 Å². The summed E-state index contributed by atoms with van der Waals surface area (Å²) in [7, 11) is -1.96. The highest BCUT2D eigenvalue weighted by Crippen LogP contribution is 2.41. The van der Waals surface area contributed by atoms with Crippen LogP contribution in [0.15, 0.2) is 103 Å². The minimum absolute atomic E-state index is 0.0825. The molecule has 0 atom stereocenters. The number of halogens is 1. The molecule has 0 saturated heterocycles. The number of nitrogens with zero attached hydrogens (tertiary/aromatic N) is 4. The second-order valence-corrected chi connectivity index (χ2v) is 18.5. The number of rotatable bonds is 11. The lowest BCUT2D eigenvalue weighted by molar-refractivity contribution is 0.0512. The van der Waals surface area contributed by atoms with Gasteiger partial charge in [0.15, 0.2) is 14.0 Å². The Balaban J connectivity index is 1.56. The summed E-state index contributed by atoms with van der Waals surface area (Å²) in [5, 5.41) is 6.09. The van der Waals surface area contributed by atoms with Gasteiger partial charge in [0.05, 0.1) is 12.3 Å². The maximum atomic E-state index is 14.2. The summed E-state index contributed by atoms with van der Waals surface area (Å²) in [5.74, 6) is -0.847. The molecule has 6 aromatic rings. The lowest BCUT2D eigenvalue weighted by Crippen LogP contribution is -2.41. The van der Waals surface area contributed by atoms with Crippen molar-refractivity contribution in [1.82, 2.24) is 19.3 Å². The van der Waals surface area contributed by atoms with E-state index in [0.717, 1.165) is 33.5 Å². The Labute approximate surface area is 288 Å². The van der Waals surface area contributed by atoms with Crippen LogP contribution in [-0.4, -0.2) is 46.8 Å². The molecule has 0 aliphatic carbocycles. The fourth-order valence-electron chi connectivity index (χ4n) is 5.83. The Kier molecular flexibility index (Phi) is 9.67. The van der Waals surface area contributed by atoms with E-state index in [-0.39, 0.29) is 17.5 Å². The molecule has 0 spiro atoms. The Hall–Kier alpha value is -4.86.